The molecule has 1 fully saturated rings. The fourth-order valence-electron chi connectivity index (χ4n) is 2.41. The van der Waals surface area contributed by atoms with E-state index in [4.69, 9.17) is 4.74 Å². The number of ketones is 1. The number of hydrogen-bond donors (Lipinski definition) is 0. The fraction of sp³-hybridized carbons (Fsp3) is 0.500. The monoisotopic (exact) mass is 275 g/mol. The molecule has 1 unspecified atom stereocenters. The van der Waals surface area contributed by atoms with Crippen molar-refractivity contribution in [2.24, 2.45) is 0 Å². The number of hydrogen-bond acceptors (Lipinski definition) is 3. The fourth-order valence-corrected chi connectivity index (χ4v) is 2.41. The van der Waals surface area contributed by atoms with Crippen molar-refractivity contribution in [3.63, 3.8) is 0 Å². The van der Waals surface area contributed by atoms with Crippen molar-refractivity contribution in [3.05, 3.63) is 29.8 Å². The summed E-state index contributed by atoms with van der Waals surface area (Å²) in [6, 6.07) is 7.14. The lowest BCUT2D eigenvalue weighted by Crippen LogP contribution is -2.20. The molecule has 108 valence electrons. The summed E-state index contributed by atoms with van der Waals surface area (Å²) in [5, 5.41) is 0. The average molecular weight is 275 g/mol. The number of nitrogens with zero attached hydrogens (tertiary/aromatic N) is 1. The second-order valence-corrected chi connectivity index (χ2v) is 5.21. The van der Waals surface area contributed by atoms with Crippen LogP contribution < -0.4 is 4.90 Å². The molecule has 1 aromatic rings. The second kappa shape index (κ2) is 7.20. The number of benzene rings is 1. The van der Waals surface area contributed by atoms with Crippen molar-refractivity contribution < 1.29 is 14.3 Å². The molecule has 1 saturated heterocycles. The summed E-state index contributed by atoms with van der Waals surface area (Å²) in [7, 11) is 1.68. The summed E-state index contributed by atoms with van der Waals surface area (Å²) in [5.41, 5.74) is 1.48. The molecular formula is C16H21NO3. The Morgan fingerprint density at radius 3 is 2.70 bits per heavy atom. The molecule has 4 heteroatoms. The number of ether oxygens (including phenoxy) is 1. The third kappa shape index (κ3) is 3.90. The first-order valence-electron chi connectivity index (χ1n) is 7.13. The van der Waals surface area contributed by atoms with Crippen LogP contribution in [0.2, 0.25) is 0 Å². The largest absolute Gasteiger partial charge is 0.378 e. The predicted octanol–water partition coefficient (Wildman–Crippen LogP) is 2.81. The number of amides is 1. The summed E-state index contributed by atoms with van der Waals surface area (Å²) in [6.07, 6.45) is 5.71. The van der Waals surface area contributed by atoms with Gasteiger partial charge in [0.2, 0.25) is 6.41 Å². The normalized spacial score (nSPS) is 18.6. The van der Waals surface area contributed by atoms with Crippen LogP contribution in [0.25, 0.3) is 0 Å². The van der Waals surface area contributed by atoms with Gasteiger partial charge in [-0.2, -0.15) is 0 Å². The maximum atomic E-state index is 12.1. The summed E-state index contributed by atoms with van der Waals surface area (Å²) in [6.45, 7) is 0.825. The van der Waals surface area contributed by atoms with Gasteiger partial charge in [-0.25, -0.2) is 0 Å². The molecule has 0 radical (unpaired) electrons. The van der Waals surface area contributed by atoms with E-state index in [1.54, 1.807) is 31.3 Å². The van der Waals surface area contributed by atoms with E-state index in [-0.39, 0.29) is 11.9 Å². The van der Waals surface area contributed by atoms with Crippen LogP contribution in [0.4, 0.5) is 5.69 Å². The Hall–Kier alpha value is -1.68. The van der Waals surface area contributed by atoms with Crippen molar-refractivity contribution in [3.8, 4) is 0 Å². The standard InChI is InChI=1S/C16H21NO3/c1-17(12-18)14-7-5-13(6-8-14)16(19)10-9-15-4-2-3-11-20-15/h5-8,12,15H,2-4,9-11H2,1H3. The Morgan fingerprint density at radius 2 is 2.10 bits per heavy atom. The predicted molar refractivity (Wildman–Crippen MR) is 78.1 cm³/mol. The van der Waals surface area contributed by atoms with Gasteiger partial charge in [-0.1, -0.05) is 0 Å². The third-order valence-corrected chi connectivity index (χ3v) is 3.72. The SMILES string of the molecule is CN(C=O)c1ccc(C(=O)CCC2CCCCO2)cc1. The topological polar surface area (TPSA) is 46.6 Å². The molecule has 1 aliphatic heterocycles. The van der Waals surface area contributed by atoms with Gasteiger partial charge in [0.25, 0.3) is 0 Å². The molecule has 1 heterocycles. The lowest BCUT2D eigenvalue weighted by Gasteiger charge is -2.22. The van der Waals surface area contributed by atoms with Gasteiger partial charge < -0.3 is 9.64 Å². The Bertz CT molecular complexity index is 449. The molecule has 0 N–H and O–H groups in total. The van der Waals surface area contributed by atoms with Crippen LogP contribution in [-0.2, 0) is 9.53 Å². The molecule has 0 aromatic heterocycles. The van der Waals surface area contributed by atoms with Crippen molar-refractivity contribution in [1.29, 1.82) is 0 Å². The van der Waals surface area contributed by atoms with E-state index in [9.17, 15) is 9.59 Å². The second-order valence-electron chi connectivity index (χ2n) is 5.21. The Kier molecular flexibility index (Phi) is 5.30. The molecule has 20 heavy (non-hydrogen) atoms. The molecule has 2 rings (SSSR count). The van der Waals surface area contributed by atoms with Gasteiger partial charge in [-0.3, -0.25) is 9.59 Å². The smallest absolute Gasteiger partial charge is 0.213 e. The molecule has 1 aliphatic rings. The molecule has 0 aliphatic carbocycles. The molecule has 0 bridgehead atoms. The van der Waals surface area contributed by atoms with Gasteiger partial charge in [0.15, 0.2) is 5.78 Å². The van der Waals surface area contributed by atoms with E-state index in [1.807, 2.05) is 0 Å². The van der Waals surface area contributed by atoms with Crippen LogP contribution in [0.15, 0.2) is 24.3 Å². The summed E-state index contributed by atoms with van der Waals surface area (Å²) in [4.78, 5) is 24.2. The first-order valence-corrected chi connectivity index (χ1v) is 7.13. The number of carbonyl (C=O) groups is 2. The van der Waals surface area contributed by atoms with Gasteiger partial charge in [0, 0.05) is 31.3 Å². The van der Waals surface area contributed by atoms with Gasteiger partial charge in [-0.15, -0.1) is 0 Å². The zero-order valence-corrected chi connectivity index (χ0v) is 11.9. The van der Waals surface area contributed by atoms with E-state index in [0.29, 0.717) is 12.0 Å². The van der Waals surface area contributed by atoms with Gasteiger partial charge in [0.05, 0.1) is 6.10 Å². The summed E-state index contributed by atoms with van der Waals surface area (Å²) in [5.74, 6) is 0.138. The minimum absolute atomic E-state index is 0.138. The number of carbonyl (C=O) groups excluding carboxylic acids is 2. The molecule has 1 atom stereocenters. The lowest BCUT2D eigenvalue weighted by atomic mass is 10.00. The zero-order chi connectivity index (χ0) is 14.4. The van der Waals surface area contributed by atoms with Crippen molar-refractivity contribution >= 4 is 17.9 Å². The first-order chi connectivity index (χ1) is 9.70. The maximum Gasteiger partial charge on any atom is 0.213 e. The van der Waals surface area contributed by atoms with Crippen molar-refractivity contribution in [2.45, 2.75) is 38.2 Å². The molecule has 1 amide bonds. The minimum atomic E-state index is 0.138. The zero-order valence-electron chi connectivity index (χ0n) is 11.9. The van der Waals surface area contributed by atoms with Crippen LogP contribution in [-0.4, -0.2) is 32.0 Å². The minimum Gasteiger partial charge on any atom is -0.378 e. The Morgan fingerprint density at radius 1 is 1.35 bits per heavy atom. The highest BCUT2D eigenvalue weighted by molar-refractivity contribution is 5.96. The van der Waals surface area contributed by atoms with Crippen LogP contribution in [0.3, 0.4) is 0 Å². The van der Waals surface area contributed by atoms with E-state index in [2.05, 4.69) is 0 Å². The first kappa shape index (κ1) is 14.7. The highest BCUT2D eigenvalue weighted by Gasteiger charge is 2.16. The number of anilines is 1. The van der Waals surface area contributed by atoms with Crippen molar-refractivity contribution in [2.75, 3.05) is 18.6 Å². The molecular weight excluding hydrogens is 254 g/mol. The molecule has 0 spiro atoms. The highest BCUT2D eigenvalue weighted by atomic mass is 16.5. The lowest BCUT2D eigenvalue weighted by molar-refractivity contribution is -0.107. The summed E-state index contributed by atoms with van der Waals surface area (Å²) < 4.78 is 5.63. The number of rotatable bonds is 6. The van der Waals surface area contributed by atoms with Crippen LogP contribution in [0, 0.1) is 0 Å². The van der Waals surface area contributed by atoms with Crippen molar-refractivity contribution in [1.82, 2.24) is 0 Å². The van der Waals surface area contributed by atoms with Crippen LogP contribution in [0.1, 0.15) is 42.5 Å². The van der Waals surface area contributed by atoms with Gasteiger partial charge in [-0.05, 0) is 49.9 Å². The van der Waals surface area contributed by atoms with Crippen LogP contribution in [0.5, 0.6) is 0 Å². The third-order valence-electron chi connectivity index (χ3n) is 3.72. The van der Waals surface area contributed by atoms with Gasteiger partial charge >= 0.3 is 0 Å². The van der Waals surface area contributed by atoms with E-state index < -0.39 is 0 Å². The maximum absolute atomic E-state index is 12.1. The average Bonchev–Trinajstić information content (AvgIpc) is 2.53. The quantitative estimate of drug-likeness (QED) is 0.592. The number of Topliss-reactive ketones (excluding diaryl/α,β-unsaturated/α-hetero) is 1. The van der Waals surface area contributed by atoms with Crippen LogP contribution >= 0.6 is 0 Å². The molecule has 0 saturated carbocycles. The van der Waals surface area contributed by atoms with E-state index in [0.717, 1.165) is 38.0 Å². The summed E-state index contributed by atoms with van der Waals surface area (Å²) >= 11 is 0. The Balaban J connectivity index is 1.87. The van der Waals surface area contributed by atoms with Gasteiger partial charge in [0.1, 0.15) is 0 Å². The Labute approximate surface area is 119 Å². The van der Waals surface area contributed by atoms with E-state index >= 15 is 0 Å². The van der Waals surface area contributed by atoms with E-state index in [1.165, 1.54) is 11.3 Å². The highest BCUT2D eigenvalue weighted by Crippen LogP contribution is 2.19. The molecule has 1 aromatic carbocycles. The molecule has 4 nitrogen and oxygen atoms in total.